The van der Waals surface area contributed by atoms with E-state index >= 15 is 0 Å². The van der Waals surface area contributed by atoms with Gasteiger partial charge in [0.25, 0.3) is 0 Å². The lowest BCUT2D eigenvalue weighted by Gasteiger charge is -2.49. The van der Waals surface area contributed by atoms with E-state index in [9.17, 15) is 9.65 Å². The van der Waals surface area contributed by atoms with Gasteiger partial charge in [0.2, 0.25) is 0 Å². The largest absolute Gasteiger partial charge is 0.412 e. The maximum atomic E-state index is 13.1. The minimum Gasteiger partial charge on any atom is -0.412 e. The van der Waals surface area contributed by atoms with E-state index in [1.54, 1.807) is 6.07 Å². The van der Waals surface area contributed by atoms with E-state index in [0.717, 1.165) is 12.8 Å². The lowest BCUT2D eigenvalue weighted by Crippen LogP contribution is -2.56. The molecule has 1 aliphatic carbocycles. The Hall–Kier alpha value is -1.25. The van der Waals surface area contributed by atoms with Crippen molar-refractivity contribution >= 4 is 8.32 Å². The molecule has 1 saturated carbocycles. The van der Waals surface area contributed by atoms with Crippen molar-refractivity contribution in [3.63, 3.8) is 0 Å². The van der Waals surface area contributed by atoms with Gasteiger partial charge in [0.1, 0.15) is 11.2 Å². The van der Waals surface area contributed by atoms with Gasteiger partial charge >= 0.3 is 0 Å². The van der Waals surface area contributed by atoms with Crippen molar-refractivity contribution in [2.75, 3.05) is 0 Å². The zero-order valence-corrected chi connectivity index (χ0v) is 14.4. The van der Waals surface area contributed by atoms with Gasteiger partial charge in [0.05, 0.1) is 24.1 Å². The summed E-state index contributed by atoms with van der Waals surface area (Å²) in [5, 5.41) is 9.78. The second-order valence-corrected chi connectivity index (χ2v) is 12.1. The molecular weight excluding hydrogens is 283 g/mol. The highest BCUT2D eigenvalue weighted by Gasteiger charge is 2.54. The molecule has 2 atom stereocenters. The molecule has 2 rings (SSSR count). The van der Waals surface area contributed by atoms with Gasteiger partial charge in [-0.25, -0.2) is 4.39 Å². The Labute approximate surface area is 127 Å². The molecule has 0 saturated heterocycles. The third-order valence-electron chi connectivity index (χ3n) is 4.98. The molecule has 1 aromatic rings. The van der Waals surface area contributed by atoms with E-state index in [0.29, 0.717) is 5.69 Å². The number of rotatable bonds is 3. The third-order valence-corrected chi connectivity index (χ3v) is 9.46. The maximum Gasteiger partial charge on any atom is 0.192 e. The molecule has 114 valence electrons. The molecule has 1 heterocycles. The summed E-state index contributed by atoms with van der Waals surface area (Å²) >= 11 is 0. The van der Waals surface area contributed by atoms with Crippen LogP contribution >= 0.6 is 0 Å². The highest BCUT2D eigenvalue weighted by Crippen LogP contribution is 2.48. The van der Waals surface area contributed by atoms with Gasteiger partial charge in [-0.2, -0.15) is 5.26 Å². The first-order valence-electron chi connectivity index (χ1n) is 7.33. The molecule has 3 nitrogen and oxygen atoms in total. The fourth-order valence-electron chi connectivity index (χ4n) is 2.36. The molecule has 21 heavy (non-hydrogen) atoms. The second-order valence-electron chi connectivity index (χ2n) is 7.35. The molecule has 0 aliphatic heterocycles. The summed E-state index contributed by atoms with van der Waals surface area (Å²) in [6, 6.07) is 5.36. The summed E-state index contributed by atoms with van der Waals surface area (Å²) in [6.07, 6.45) is 2.62. The highest BCUT2D eigenvalue weighted by molar-refractivity contribution is 6.74. The smallest absolute Gasteiger partial charge is 0.192 e. The average molecular weight is 306 g/mol. The number of hydrogen-bond acceptors (Lipinski definition) is 3. The molecular formula is C16H23FN2OSi. The van der Waals surface area contributed by atoms with Crippen molar-refractivity contribution in [2.45, 2.75) is 63.3 Å². The summed E-state index contributed by atoms with van der Waals surface area (Å²) in [5.41, 5.74) is -0.0928. The molecule has 1 fully saturated rings. The van der Waals surface area contributed by atoms with Gasteiger partial charge < -0.3 is 4.43 Å². The predicted octanol–water partition coefficient (Wildman–Crippen LogP) is 4.17. The lowest BCUT2D eigenvalue weighted by atomic mass is 9.65. The highest BCUT2D eigenvalue weighted by atomic mass is 28.4. The lowest BCUT2D eigenvalue weighted by molar-refractivity contribution is 0.0342. The predicted molar refractivity (Wildman–Crippen MR) is 82.8 cm³/mol. The standard InChI is InChI=1S/C16H23FN2OSi/c1-15(2,3)21(4,5)20-14-8-9-16(14,11-18)13-7-6-12(17)10-19-13/h6-7,10,14H,8-9H2,1-5H3. The first-order chi connectivity index (χ1) is 9.62. The molecule has 1 aliphatic rings. The maximum absolute atomic E-state index is 13.1. The number of nitriles is 1. The Balaban J connectivity index is 2.27. The Bertz CT molecular complexity index is 559. The van der Waals surface area contributed by atoms with Crippen LogP contribution in [0.5, 0.6) is 0 Å². The van der Waals surface area contributed by atoms with Gasteiger partial charge in [0.15, 0.2) is 8.32 Å². The summed E-state index contributed by atoms with van der Waals surface area (Å²) in [4.78, 5) is 4.12. The van der Waals surface area contributed by atoms with Crippen LogP contribution in [-0.4, -0.2) is 19.4 Å². The SMILES string of the molecule is CC(C)(C)[Si](C)(C)OC1CCC1(C#N)c1ccc(F)cn1. The topological polar surface area (TPSA) is 45.9 Å². The first-order valence-corrected chi connectivity index (χ1v) is 10.2. The van der Waals surface area contributed by atoms with Crippen molar-refractivity contribution in [3.8, 4) is 6.07 Å². The van der Waals surface area contributed by atoms with Crippen LogP contribution in [-0.2, 0) is 9.84 Å². The molecule has 2 unspecified atom stereocenters. The molecule has 0 bridgehead atoms. The molecule has 0 N–H and O–H groups in total. The molecule has 0 spiro atoms. The van der Waals surface area contributed by atoms with Crippen LogP contribution in [0.2, 0.25) is 18.1 Å². The number of hydrogen-bond donors (Lipinski definition) is 0. The summed E-state index contributed by atoms with van der Waals surface area (Å²) < 4.78 is 19.5. The van der Waals surface area contributed by atoms with E-state index in [1.165, 1.54) is 12.3 Å². The van der Waals surface area contributed by atoms with Crippen molar-refractivity contribution < 1.29 is 8.82 Å². The fourth-order valence-corrected chi connectivity index (χ4v) is 3.74. The number of halogens is 1. The van der Waals surface area contributed by atoms with Crippen LogP contribution in [0.4, 0.5) is 4.39 Å². The summed E-state index contributed by atoms with van der Waals surface area (Å²) in [7, 11) is -1.94. The van der Waals surface area contributed by atoms with Crippen LogP contribution in [0.3, 0.4) is 0 Å². The van der Waals surface area contributed by atoms with Crippen LogP contribution in [0.25, 0.3) is 0 Å². The van der Waals surface area contributed by atoms with Crippen molar-refractivity contribution in [1.82, 2.24) is 4.98 Å². The van der Waals surface area contributed by atoms with Gasteiger partial charge in [-0.15, -0.1) is 0 Å². The Morgan fingerprint density at radius 2 is 2.10 bits per heavy atom. The molecule has 0 radical (unpaired) electrons. The van der Waals surface area contributed by atoms with E-state index in [2.05, 4.69) is 44.9 Å². The zero-order chi connectivity index (χ0) is 15.9. The van der Waals surface area contributed by atoms with Gasteiger partial charge in [-0.1, -0.05) is 20.8 Å². The van der Waals surface area contributed by atoms with E-state index in [1.807, 2.05) is 0 Å². The Morgan fingerprint density at radius 3 is 2.48 bits per heavy atom. The van der Waals surface area contributed by atoms with E-state index in [4.69, 9.17) is 4.43 Å². The van der Waals surface area contributed by atoms with Crippen LogP contribution < -0.4 is 0 Å². The van der Waals surface area contributed by atoms with Gasteiger partial charge in [-0.05, 0) is 43.1 Å². The number of pyridine rings is 1. The quantitative estimate of drug-likeness (QED) is 0.787. The fraction of sp³-hybridized carbons (Fsp3) is 0.625. The van der Waals surface area contributed by atoms with Crippen molar-refractivity contribution in [1.29, 1.82) is 5.26 Å². The summed E-state index contributed by atoms with van der Waals surface area (Å²) in [5.74, 6) is -0.381. The van der Waals surface area contributed by atoms with Crippen LogP contribution in [0.1, 0.15) is 39.3 Å². The van der Waals surface area contributed by atoms with Gasteiger partial charge in [0, 0.05) is 0 Å². The van der Waals surface area contributed by atoms with E-state index in [-0.39, 0.29) is 17.0 Å². The normalized spacial score (nSPS) is 26.0. The molecule has 0 amide bonds. The van der Waals surface area contributed by atoms with E-state index < -0.39 is 13.7 Å². The monoisotopic (exact) mass is 306 g/mol. The van der Waals surface area contributed by atoms with Crippen molar-refractivity contribution in [2.24, 2.45) is 0 Å². The number of aromatic nitrogens is 1. The van der Waals surface area contributed by atoms with Crippen LogP contribution in [0.15, 0.2) is 18.3 Å². The van der Waals surface area contributed by atoms with Gasteiger partial charge in [-0.3, -0.25) is 4.98 Å². The van der Waals surface area contributed by atoms with Crippen LogP contribution in [0, 0.1) is 17.1 Å². The third kappa shape index (κ3) is 2.75. The minimum absolute atomic E-state index is 0.0972. The molecule has 1 aromatic heterocycles. The van der Waals surface area contributed by atoms with Crippen molar-refractivity contribution in [3.05, 3.63) is 29.8 Å². The minimum atomic E-state index is -1.94. The zero-order valence-electron chi connectivity index (χ0n) is 13.4. The Morgan fingerprint density at radius 1 is 1.43 bits per heavy atom. The molecule has 0 aromatic carbocycles. The second kappa shape index (κ2) is 5.18. The Kier molecular flexibility index (Phi) is 3.98. The summed E-state index contributed by atoms with van der Waals surface area (Å²) in [6.45, 7) is 10.9. The average Bonchev–Trinajstić information content (AvgIpc) is 2.37. The number of nitrogens with zero attached hydrogens (tertiary/aromatic N) is 2. The molecule has 5 heteroatoms. The first kappa shape index (κ1) is 16.1.